The van der Waals surface area contributed by atoms with Gasteiger partial charge in [-0.1, -0.05) is 10.3 Å². The van der Waals surface area contributed by atoms with E-state index in [2.05, 4.69) is 15.3 Å². The molecular weight excluding hydrogens is 270 g/mol. The van der Waals surface area contributed by atoms with Crippen LogP contribution in [0.25, 0.3) is 11.7 Å². The standard InChI is InChI=1S/C15H15N3O3/c1-8-12(9(2)20-17-8)6-13-16-15(21-18-13)14-11-5-3-4-10(11)7-19-14/h7H,3-6H2,1-2H3. The molecule has 0 N–H and O–H groups in total. The van der Waals surface area contributed by atoms with Crippen molar-refractivity contribution in [3.8, 4) is 11.7 Å². The van der Waals surface area contributed by atoms with Gasteiger partial charge in [0.2, 0.25) is 0 Å². The molecule has 0 bridgehead atoms. The fraction of sp³-hybridized carbons (Fsp3) is 0.400. The minimum atomic E-state index is 0.458. The number of hydrogen-bond acceptors (Lipinski definition) is 6. The molecule has 0 amide bonds. The zero-order valence-corrected chi connectivity index (χ0v) is 12.0. The maximum atomic E-state index is 5.59. The number of aromatic nitrogens is 3. The second kappa shape index (κ2) is 4.58. The number of hydrogen-bond donors (Lipinski definition) is 0. The molecule has 0 aliphatic heterocycles. The predicted molar refractivity (Wildman–Crippen MR) is 72.8 cm³/mol. The van der Waals surface area contributed by atoms with Crippen LogP contribution >= 0.6 is 0 Å². The summed E-state index contributed by atoms with van der Waals surface area (Å²) in [6, 6.07) is 0. The molecular formula is C15H15N3O3. The van der Waals surface area contributed by atoms with Gasteiger partial charge in [0.15, 0.2) is 11.6 Å². The van der Waals surface area contributed by atoms with Crippen molar-refractivity contribution < 1.29 is 13.5 Å². The number of furan rings is 1. The summed E-state index contributed by atoms with van der Waals surface area (Å²) < 4.78 is 16.1. The Morgan fingerprint density at radius 3 is 2.86 bits per heavy atom. The number of fused-ring (bicyclic) bond motifs is 1. The summed E-state index contributed by atoms with van der Waals surface area (Å²) in [5.41, 5.74) is 4.34. The SMILES string of the molecule is Cc1noc(C)c1Cc1noc(-c2occ3c2CCC3)n1. The third-order valence-corrected chi connectivity index (χ3v) is 4.03. The van der Waals surface area contributed by atoms with Crippen molar-refractivity contribution in [3.63, 3.8) is 0 Å². The second-order valence-electron chi connectivity index (χ2n) is 5.42. The lowest BCUT2D eigenvalue weighted by Gasteiger charge is -1.93. The highest BCUT2D eigenvalue weighted by atomic mass is 16.5. The van der Waals surface area contributed by atoms with Crippen LogP contribution in [0.1, 0.15) is 40.4 Å². The second-order valence-corrected chi connectivity index (χ2v) is 5.42. The molecule has 1 aliphatic rings. The number of rotatable bonds is 3. The van der Waals surface area contributed by atoms with Crippen molar-refractivity contribution in [1.82, 2.24) is 15.3 Å². The Bertz CT molecular complexity index is 778. The third kappa shape index (κ3) is 1.98. The fourth-order valence-corrected chi connectivity index (χ4v) is 2.87. The molecule has 21 heavy (non-hydrogen) atoms. The van der Waals surface area contributed by atoms with Gasteiger partial charge in [0.25, 0.3) is 5.89 Å². The summed E-state index contributed by atoms with van der Waals surface area (Å²) in [5.74, 6) is 2.58. The highest BCUT2D eigenvalue weighted by molar-refractivity contribution is 5.55. The van der Waals surface area contributed by atoms with Gasteiger partial charge >= 0.3 is 0 Å². The molecule has 3 aromatic heterocycles. The van der Waals surface area contributed by atoms with Crippen LogP contribution in [0.3, 0.4) is 0 Å². The molecule has 3 heterocycles. The molecule has 0 saturated carbocycles. The van der Waals surface area contributed by atoms with Crippen molar-refractivity contribution in [3.05, 3.63) is 40.2 Å². The van der Waals surface area contributed by atoms with Gasteiger partial charge in [-0.25, -0.2) is 0 Å². The Hall–Kier alpha value is -2.37. The molecule has 0 atom stereocenters. The Balaban J connectivity index is 1.64. The van der Waals surface area contributed by atoms with Gasteiger partial charge in [0.1, 0.15) is 5.76 Å². The first-order chi connectivity index (χ1) is 10.2. The van der Waals surface area contributed by atoms with Gasteiger partial charge in [-0.05, 0) is 38.7 Å². The van der Waals surface area contributed by atoms with Crippen LogP contribution < -0.4 is 0 Å². The van der Waals surface area contributed by atoms with Gasteiger partial charge in [-0.3, -0.25) is 0 Å². The van der Waals surface area contributed by atoms with Crippen LogP contribution in [0, 0.1) is 13.8 Å². The van der Waals surface area contributed by atoms with E-state index in [1.54, 1.807) is 6.26 Å². The summed E-state index contributed by atoms with van der Waals surface area (Å²) >= 11 is 0. The third-order valence-electron chi connectivity index (χ3n) is 4.03. The van der Waals surface area contributed by atoms with Gasteiger partial charge in [-0.15, -0.1) is 0 Å². The van der Waals surface area contributed by atoms with E-state index in [0.717, 1.165) is 42.0 Å². The quantitative estimate of drug-likeness (QED) is 0.736. The van der Waals surface area contributed by atoms with Crippen molar-refractivity contribution in [2.24, 2.45) is 0 Å². The highest BCUT2D eigenvalue weighted by Crippen LogP contribution is 2.33. The Labute approximate surface area is 121 Å². The maximum Gasteiger partial charge on any atom is 0.293 e. The lowest BCUT2D eigenvalue weighted by molar-refractivity contribution is 0.392. The van der Waals surface area contributed by atoms with Crippen molar-refractivity contribution in [1.29, 1.82) is 0 Å². The lowest BCUT2D eigenvalue weighted by Crippen LogP contribution is -1.93. The Kier molecular flexibility index (Phi) is 2.70. The molecule has 1 aliphatic carbocycles. The summed E-state index contributed by atoms with van der Waals surface area (Å²) in [5, 5.41) is 7.98. The number of aryl methyl sites for hydroxylation is 3. The van der Waals surface area contributed by atoms with E-state index in [-0.39, 0.29) is 0 Å². The molecule has 108 valence electrons. The highest BCUT2D eigenvalue weighted by Gasteiger charge is 2.24. The van der Waals surface area contributed by atoms with E-state index in [9.17, 15) is 0 Å². The molecule has 4 rings (SSSR count). The van der Waals surface area contributed by atoms with E-state index < -0.39 is 0 Å². The van der Waals surface area contributed by atoms with Crippen LogP contribution in [0.5, 0.6) is 0 Å². The van der Waals surface area contributed by atoms with E-state index in [1.165, 1.54) is 11.1 Å². The van der Waals surface area contributed by atoms with Gasteiger partial charge in [0.05, 0.1) is 12.0 Å². The maximum absolute atomic E-state index is 5.59. The molecule has 6 heteroatoms. The first-order valence-electron chi connectivity index (χ1n) is 7.06. The zero-order chi connectivity index (χ0) is 14.4. The topological polar surface area (TPSA) is 78.1 Å². The van der Waals surface area contributed by atoms with Gasteiger partial charge < -0.3 is 13.5 Å². The van der Waals surface area contributed by atoms with Gasteiger partial charge in [0, 0.05) is 17.5 Å². The molecule has 0 spiro atoms. The molecule has 0 radical (unpaired) electrons. The minimum absolute atomic E-state index is 0.458. The lowest BCUT2D eigenvalue weighted by atomic mass is 10.1. The van der Waals surface area contributed by atoms with Crippen LogP contribution in [0.4, 0.5) is 0 Å². The molecule has 0 unspecified atom stereocenters. The molecule has 3 aromatic rings. The van der Waals surface area contributed by atoms with E-state index >= 15 is 0 Å². The molecule has 0 fully saturated rings. The fourth-order valence-electron chi connectivity index (χ4n) is 2.87. The summed E-state index contributed by atoms with van der Waals surface area (Å²) in [6.45, 7) is 3.79. The smallest absolute Gasteiger partial charge is 0.293 e. The van der Waals surface area contributed by atoms with Gasteiger partial charge in [-0.2, -0.15) is 4.98 Å². The zero-order valence-electron chi connectivity index (χ0n) is 12.0. The van der Waals surface area contributed by atoms with Crippen LogP contribution in [0.15, 0.2) is 19.7 Å². The normalized spacial score (nSPS) is 13.8. The Morgan fingerprint density at radius 1 is 1.14 bits per heavy atom. The number of nitrogens with zero attached hydrogens (tertiary/aromatic N) is 3. The monoisotopic (exact) mass is 285 g/mol. The molecule has 0 aromatic carbocycles. The summed E-state index contributed by atoms with van der Waals surface area (Å²) in [6.07, 6.45) is 5.60. The molecule has 6 nitrogen and oxygen atoms in total. The largest absolute Gasteiger partial charge is 0.459 e. The molecule has 0 saturated heterocycles. The average molecular weight is 285 g/mol. The predicted octanol–water partition coefficient (Wildman–Crippen LogP) is 3.01. The van der Waals surface area contributed by atoms with E-state index in [1.807, 2.05) is 13.8 Å². The van der Waals surface area contributed by atoms with E-state index in [0.29, 0.717) is 18.1 Å². The Morgan fingerprint density at radius 2 is 2.05 bits per heavy atom. The van der Waals surface area contributed by atoms with Crippen LogP contribution in [-0.4, -0.2) is 15.3 Å². The van der Waals surface area contributed by atoms with E-state index in [4.69, 9.17) is 13.5 Å². The first-order valence-corrected chi connectivity index (χ1v) is 7.06. The summed E-state index contributed by atoms with van der Waals surface area (Å²) in [7, 11) is 0. The average Bonchev–Trinajstić information content (AvgIpc) is 3.19. The first kappa shape index (κ1) is 12.4. The van der Waals surface area contributed by atoms with Crippen molar-refractivity contribution in [2.45, 2.75) is 39.5 Å². The minimum Gasteiger partial charge on any atom is -0.459 e. The van der Waals surface area contributed by atoms with Crippen molar-refractivity contribution >= 4 is 0 Å². The van der Waals surface area contributed by atoms with Crippen LogP contribution in [0.2, 0.25) is 0 Å². The van der Waals surface area contributed by atoms with Crippen LogP contribution in [-0.2, 0) is 19.3 Å². The van der Waals surface area contributed by atoms with Crippen molar-refractivity contribution in [2.75, 3.05) is 0 Å². The summed E-state index contributed by atoms with van der Waals surface area (Å²) in [4.78, 5) is 4.45.